The van der Waals surface area contributed by atoms with Gasteiger partial charge >= 0.3 is 0 Å². The monoisotopic (exact) mass is 202 g/mol. The highest BCUT2D eigenvalue weighted by molar-refractivity contribution is 7.99. The van der Waals surface area contributed by atoms with Crippen molar-refractivity contribution >= 4 is 11.8 Å². The topological polar surface area (TPSA) is 0 Å². The van der Waals surface area contributed by atoms with Crippen LogP contribution in [-0.4, -0.2) is 11.5 Å². The SMILES string of the molecule is CCCC(CC)(CSCC)C(C)C. The lowest BCUT2D eigenvalue weighted by molar-refractivity contribution is 0.195. The van der Waals surface area contributed by atoms with Gasteiger partial charge in [0.05, 0.1) is 0 Å². The molecule has 1 heteroatoms. The number of hydrogen-bond acceptors (Lipinski definition) is 1. The Morgan fingerprint density at radius 3 is 2.08 bits per heavy atom. The van der Waals surface area contributed by atoms with E-state index in [-0.39, 0.29) is 0 Å². The van der Waals surface area contributed by atoms with Crippen LogP contribution < -0.4 is 0 Å². The van der Waals surface area contributed by atoms with Crippen molar-refractivity contribution in [1.82, 2.24) is 0 Å². The molecule has 0 aromatic carbocycles. The Hall–Kier alpha value is 0.350. The summed E-state index contributed by atoms with van der Waals surface area (Å²) in [5.41, 5.74) is 0.607. The molecule has 0 N–H and O–H groups in total. The highest BCUT2D eigenvalue weighted by atomic mass is 32.2. The van der Waals surface area contributed by atoms with Gasteiger partial charge in [0.15, 0.2) is 0 Å². The maximum atomic E-state index is 2.38. The molecule has 1 atom stereocenters. The second-order valence-corrected chi connectivity index (χ2v) is 5.53. The van der Waals surface area contributed by atoms with Crippen molar-refractivity contribution in [2.24, 2.45) is 11.3 Å². The molecule has 0 aliphatic carbocycles. The first-order chi connectivity index (χ1) is 6.13. The van der Waals surface area contributed by atoms with Crippen LogP contribution in [-0.2, 0) is 0 Å². The first kappa shape index (κ1) is 13.4. The van der Waals surface area contributed by atoms with E-state index in [0.717, 1.165) is 5.92 Å². The van der Waals surface area contributed by atoms with E-state index in [1.54, 1.807) is 0 Å². The zero-order chi connectivity index (χ0) is 10.3. The largest absolute Gasteiger partial charge is 0.162 e. The maximum absolute atomic E-state index is 2.38. The molecule has 0 saturated heterocycles. The van der Waals surface area contributed by atoms with Crippen LogP contribution in [0.4, 0.5) is 0 Å². The number of thioether (sulfide) groups is 1. The van der Waals surface area contributed by atoms with E-state index >= 15 is 0 Å². The van der Waals surface area contributed by atoms with Gasteiger partial charge in [0.1, 0.15) is 0 Å². The van der Waals surface area contributed by atoms with Gasteiger partial charge < -0.3 is 0 Å². The van der Waals surface area contributed by atoms with E-state index in [1.165, 1.54) is 30.8 Å². The molecule has 0 amide bonds. The zero-order valence-electron chi connectivity index (χ0n) is 10.0. The normalized spacial score (nSPS) is 16.2. The molecule has 0 aliphatic rings. The molecule has 1 unspecified atom stereocenters. The van der Waals surface area contributed by atoms with Crippen LogP contribution in [0.3, 0.4) is 0 Å². The summed E-state index contributed by atoms with van der Waals surface area (Å²) in [4.78, 5) is 0. The molecular formula is C12H26S. The van der Waals surface area contributed by atoms with E-state index < -0.39 is 0 Å². The Morgan fingerprint density at radius 2 is 1.77 bits per heavy atom. The molecule has 0 heterocycles. The van der Waals surface area contributed by atoms with Crippen LogP contribution in [0.1, 0.15) is 53.9 Å². The lowest BCUT2D eigenvalue weighted by atomic mass is 9.73. The van der Waals surface area contributed by atoms with Gasteiger partial charge in [0, 0.05) is 0 Å². The Morgan fingerprint density at radius 1 is 1.15 bits per heavy atom. The fourth-order valence-electron chi connectivity index (χ4n) is 2.02. The van der Waals surface area contributed by atoms with Gasteiger partial charge in [0.2, 0.25) is 0 Å². The molecule has 0 spiro atoms. The lowest BCUT2D eigenvalue weighted by Crippen LogP contribution is -2.29. The first-order valence-electron chi connectivity index (χ1n) is 5.70. The second-order valence-electron chi connectivity index (χ2n) is 4.26. The average molecular weight is 202 g/mol. The van der Waals surface area contributed by atoms with Crippen molar-refractivity contribution in [2.75, 3.05) is 11.5 Å². The predicted octanol–water partition coefficient (Wildman–Crippen LogP) is 4.59. The van der Waals surface area contributed by atoms with Gasteiger partial charge in [-0.25, -0.2) is 0 Å². The Labute approximate surface area is 88.9 Å². The lowest BCUT2D eigenvalue weighted by Gasteiger charge is -2.36. The molecule has 0 fully saturated rings. The highest BCUT2D eigenvalue weighted by Gasteiger charge is 2.30. The summed E-state index contributed by atoms with van der Waals surface area (Å²) in [5, 5.41) is 0. The summed E-state index contributed by atoms with van der Waals surface area (Å²) >= 11 is 2.11. The molecular weight excluding hydrogens is 176 g/mol. The third-order valence-electron chi connectivity index (χ3n) is 3.27. The minimum atomic E-state index is 0.607. The first-order valence-corrected chi connectivity index (χ1v) is 6.86. The van der Waals surface area contributed by atoms with E-state index in [2.05, 4.69) is 46.4 Å². The fourth-order valence-corrected chi connectivity index (χ4v) is 3.31. The molecule has 0 nitrogen and oxygen atoms in total. The number of rotatable bonds is 7. The van der Waals surface area contributed by atoms with Gasteiger partial charge in [-0.1, -0.05) is 41.0 Å². The van der Waals surface area contributed by atoms with Crippen molar-refractivity contribution in [1.29, 1.82) is 0 Å². The molecule has 0 saturated carbocycles. The van der Waals surface area contributed by atoms with Crippen LogP contribution in [0.25, 0.3) is 0 Å². The van der Waals surface area contributed by atoms with Gasteiger partial charge in [-0.2, -0.15) is 11.8 Å². The van der Waals surface area contributed by atoms with Gasteiger partial charge in [-0.15, -0.1) is 0 Å². The third kappa shape index (κ3) is 3.93. The summed E-state index contributed by atoms with van der Waals surface area (Å²) in [5.74, 6) is 3.44. The fraction of sp³-hybridized carbons (Fsp3) is 1.00. The van der Waals surface area contributed by atoms with Crippen LogP contribution in [0.15, 0.2) is 0 Å². The molecule has 0 aromatic rings. The van der Waals surface area contributed by atoms with Gasteiger partial charge in [-0.3, -0.25) is 0 Å². The summed E-state index contributed by atoms with van der Waals surface area (Å²) in [7, 11) is 0. The standard InChI is InChI=1S/C12H26S/c1-6-9-12(7-2,11(4)5)10-13-8-3/h11H,6-10H2,1-5H3. The zero-order valence-corrected chi connectivity index (χ0v) is 10.8. The third-order valence-corrected chi connectivity index (χ3v) is 4.46. The van der Waals surface area contributed by atoms with Crippen LogP contribution >= 0.6 is 11.8 Å². The van der Waals surface area contributed by atoms with Crippen molar-refractivity contribution in [3.63, 3.8) is 0 Å². The van der Waals surface area contributed by atoms with E-state index in [0.29, 0.717) is 5.41 Å². The summed E-state index contributed by atoms with van der Waals surface area (Å²) in [6, 6.07) is 0. The highest BCUT2D eigenvalue weighted by Crippen LogP contribution is 2.39. The minimum absolute atomic E-state index is 0.607. The van der Waals surface area contributed by atoms with E-state index in [9.17, 15) is 0 Å². The smallest absolute Gasteiger partial charge is 0.000856 e. The molecule has 0 aromatic heterocycles. The van der Waals surface area contributed by atoms with Crippen molar-refractivity contribution < 1.29 is 0 Å². The number of hydrogen-bond donors (Lipinski definition) is 0. The van der Waals surface area contributed by atoms with E-state index in [4.69, 9.17) is 0 Å². The molecule has 0 bridgehead atoms. The average Bonchev–Trinajstić information content (AvgIpc) is 2.12. The van der Waals surface area contributed by atoms with Gasteiger partial charge in [0.25, 0.3) is 0 Å². The molecule has 80 valence electrons. The predicted molar refractivity (Wildman–Crippen MR) is 65.5 cm³/mol. The molecule has 0 aliphatic heterocycles. The molecule has 0 radical (unpaired) electrons. The van der Waals surface area contributed by atoms with E-state index in [1.807, 2.05) is 0 Å². The van der Waals surface area contributed by atoms with Crippen molar-refractivity contribution in [3.05, 3.63) is 0 Å². The summed E-state index contributed by atoms with van der Waals surface area (Å²) < 4.78 is 0. The summed E-state index contributed by atoms with van der Waals surface area (Å²) in [6.45, 7) is 11.7. The Kier molecular flexibility index (Phi) is 6.93. The maximum Gasteiger partial charge on any atom is -0.000856 e. The van der Waals surface area contributed by atoms with Crippen LogP contribution in [0.5, 0.6) is 0 Å². The van der Waals surface area contributed by atoms with Crippen molar-refractivity contribution in [3.8, 4) is 0 Å². The Balaban J connectivity index is 4.26. The van der Waals surface area contributed by atoms with Crippen LogP contribution in [0.2, 0.25) is 0 Å². The quantitative estimate of drug-likeness (QED) is 0.582. The molecule has 13 heavy (non-hydrogen) atoms. The van der Waals surface area contributed by atoms with Crippen molar-refractivity contribution in [2.45, 2.75) is 53.9 Å². The Bertz CT molecular complexity index is 120. The molecule has 0 rings (SSSR count). The van der Waals surface area contributed by atoms with Crippen LogP contribution in [0, 0.1) is 11.3 Å². The summed E-state index contributed by atoms with van der Waals surface area (Å²) in [6.07, 6.45) is 4.07. The van der Waals surface area contributed by atoms with Gasteiger partial charge in [-0.05, 0) is 35.7 Å². The minimum Gasteiger partial charge on any atom is -0.162 e. The second kappa shape index (κ2) is 6.75.